The zero-order chi connectivity index (χ0) is 14.9. The highest BCUT2D eigenvalue weighted by molar-refractivity contribution is 5.89. The first kappa shape index (κ1) is 14.5. The van der Waals surface area contributed by atoms with E-state index in [4.69, 9.17) is 9.47 Å². The molecule has 1 unspecified atom stereocenters. The van der Waals surface area contributed by atoms with Crippen LogP contribution in [0.3, 0.4) is 0 Å². The Morgan fingerprint density at radius 3 is 2.71 bits per heavy atom. The maximum Gasteiger partial charge on any atom is 0.337 e. The number of methoxy groups -OCH3 is 1. The molecule has 0 N–H and O–H groups in total. The second-order valence-electron chi connectivity index (χ2n) is 6.20. The van der Waals surface area contributed by atoms with Gasteiger partial charge in [0.15, 0.2) is 0 Å². The number of carbonyl (C=O) groups excluding carboxylic acids is 1. The van der Waals surface area contributed by atoms with Crippen LogP contribution in [0.15, 0.2) is 24.3 Å². The van der Waals surface area contributed by atoms with Gasteiger partial charge in [-0.25, -0.2) is 4.79 Å². The Bertz CT molecular complexity index is 505. The Hall–Kier alpha value is -1.39. The average molecular weight is 289 g/mol. The van der Waals surface area contributed by atoms with Gasteiger partial charge in [0.1, 0.15) is 0 Å². The van der Waals surface area contributed by atoms with Crippen LogP contribution in [0.1, 0.15) is 47.6 Å². The standard InChI is InChI=1S/C17H23NO3/c1-18-10-9-17(8-3-11-21-17)12-15(18)13-4-6-14(7-5-13)16(19)20-2/h4-7,15H,3,8-12H2,1-2H3/t15-,17?/m0/s1. The molecule has 2 atom stereocenters. The minimum absolute atomic E-state index is 0.0815. The summed E-state index contributed by atoms with van der Waals surface area (Å²) in [5.41, 5.74) is 1.93. The quantitative estimate of drug-likeness (QED) is 0.785. The highest BCUT2D eigenvalue weighted by atomic mass is 16.5. The Balaban J connectivity index is 1.79. The lowest BCUT2D eigenvalue weighted by Crippen LogP contribution is -2.44. The highest BCUT2D eigenvalue weighted by Crippen LogP contribution is 2.43. The Labute approximate surface area is 126 Å². The van der Waals surface area contributed by atoms with Crippen molar-refractivity contribution >= 4 is 5.97 Å². The normalized spacial score (nSPS) is 29.7. The van der Waals surface area contributed by atoms with Crippen molar-refractivity contribution in [2.24, 2.45) is 0 Å². The molecule has 114 valence electrons. The van der Waals surface area contributed by atoms with Gasteiger partial charge < -0.3 is 9.47 Å². The Kier molecular flexibility index (Phi) is 4.00. The topological polar surface area (TPSA) is 38.8 Å². The maximum atomic E-state index is 11.5. The van der Waals surface area contributed by atoms with Crippen LogP contribution in [-0.2, 0) is 9.47 Å². The van der Waals surface area contributed by atoms with Crippen molar-refractivity contribution in [3.8, 4) is 0 Å². The summed E-state index contributed by atoms with van der Waals surface area (Å²) >= 11 is 0. The van der Waals surface area contributed by atoms with Crippen LogP contribution in [0.5, 0.6) is 0 Å². The third kappa shape index (κ3) is 2.83. The van der Waals surface area contributed by atoms with E-state index >= 15 is 0 Å². The number of nitrogens with zero attached hydrogens (tertiary/aromatic N) is 1. The lowest BCUT2D eigenvalue weighted by molar-refractivity contribution is -0.0597. The van der Waals surface area contributed by atoms with Gasteiger partial charge in [-0.15, -0.1) is 0 Å². The number of piperidine rings is 1. The number of hydrogen-bond acceptors (Lipinski definition) is 4. The third-order valence-corrected chi connectivity index (χ3v) is 4.92. The van der Waals surface area contributed by atoms with Gasteiger partial charge in [-0.2, -0.15) is 0 Å². The van der Waals surface area contributed by atoms with Crippen LogP contribution in [0.4, 0.5) is 0 Å². The van der Waals surface area contributed by atoms with Crippen molar-refractivity contribution in [2.75, 3.05) is 27.3 Å². The maximum absolute atomic E-state index is 11.5. The predicted molar refractivity (Wildman–Crippen MR) is 80.3 cm³/mol. The van der Waals surface area contributed by atoms with Crippen LogP contribution >= 0.6 is 0 Å². The molecule has 2 aliphatic heterocycles. The molecular weight excluding hydrogens is 266 g/mol. The van der Waals surface area contributed by atoms with Crippen molar-refractivity contribution in [2.45, 2.75) is 37.3 Å². The zero-order valence-corrected chi connectivity index (χ0v) is 12.8. The molecule has 1 spiro atoms. The molecule has 0 aromatic heterocycles. The van der Waals surface area contributed by atoms with Gasteiger partial charge in [-0.05, 0) is 50.4 Å². The fraction of sp³-hybridized carbons (Fsp3) is 0.588. The summed E-state index contributed by atoms with van der Waals surface area (Å²) in [5.74, 6) is -0.283. The second-order valence-corrected chi connectivity index (χ2v) is 6.20. The minimum Gasteiger partial charge on any atom is -0.465 e. The number of carbonyl (C=O) groups is 1. The first-order valence-corrected chi connectivity index (χ1v) is 7.66. The molecule has 2 saturated heterocycles. The van der Waals surface area contributed by atoms with Gasteiger partial charge >= 0.3 is 5.97 Å². The first-order valence-electron chi connectivity index (χ1n) is 7.66. The summed E-state index contributed by atoms with van der Waals surface area (Å²) in [6, 6.07) is 8.16. The van der Waals surface area contributed by atoms with Gasteiger partial charge in [-0.1, -0.05) is 12.1 Å². The summed E-state index contributed by atoms with van der Waals surface area (Å²) in [4.78, 5) is 13.9. The lowest BCUT2D eigenvalue weighted by atomic mass is 9.82. The van der Waals surface area contributed by atoms with E-state index in [0.717, 1.165) is 26.0 Å². The van der Waals surface area contributed by atoms with Crippen molar-refractivity contribution in [1.29, 1.82) is 0 Å². The van der Waals surface area contributed by atoms with E-state index in [1.54, 1.807) is 0 Å². The van der Waals surface area contributed by atoms with E-state index in [2.05, 4.69) is 11.9 Å². The van der Waals surface area contributed by atoms with Gasteiger partial charge in [-0.3, -0.25) is 4.90 Å². The number of esters is 1. The van der Waals surface area contributed by atoms with Crippen LogP contribution < -0.4 is 0 Å². The van der Waals surface area contributed by atoms with E-state index < -0.39 is 0 Å². The average Bonchev–Trinajstić information content (AvgIpc) is 2.98. The number of hydrogen-bond donors (Lipinski definition) is 0. The number of rotatable bonds is 2. The second kappa shape index (κ2) is 5.78. The molecule has 1 aromatic rings. The summed E-state index contributed by atoms with van der Waals surface area (Å²) in [6.07, 6.45) is 4.52. The molecule has 0 aliphatic carbocycles. The SMILES string of the molecule is COC(=O)c1ccc([C@@H]2CC3(CCCO3)CCN2C)cc1. The van der Waals surface area contributed by atoms with Gasteiger partial charge in [0.05, 0.1) is 18.3 Å². The third-order valence-electron chi connectivity index (χ3n) is 4.92. The van der Waals surface area contributed by atoms with Crippen LogP contribution in [0.2, 0.25) is 0 Å². The summed E-state index contributed by atoms with van der Waals surface area (Å²) in [7, 11) is 3.58. The van der Waals surface area contributed by atoms with E-state index in [1.165, 1.54) is 25.5 Å². The van der Waals surface area contributed by atoms with Crippen molar-refractivity contribution in [3.05, 3.63) is 35.4 Å². The monoisotopic (exact) mass is 289 g/mol. The smallest absolute Gasteiger partial charge is 0.337 e. The zero-order valence-electron chi connectivity index (χ0n) is 12.8. The summed E-state index contributed by atoms with van der Waals surface area (Å²) < 4.78 is 10.8. The molecule has 0 radical (unpaired) electrons. The summed E-state index contributed by atoms with van der Waals surface area (Å²) in [5, 5.41) is 0. The van der Waals surface area contributed by atoms with Crippen LogP contribution in [-0.4, -0.2) is 43.8 Å². The van der Waals surface area contributed by atoms with Gasteiger partial charge in [0.2, 0.25) is 0 Å². The van der Waals surface area contributed by atoms with Crippen molar-refractivity contribution in [3.63, 3.8) is 0 Å². The fourth-order valence-corrected chi connectivity index (χ4v) is 3.59. The highest BCUT2D eigenvalue weighted by Gasteiger charge is 2.42. The number of ether oxygens (including phenoxy) is 2. The van der Waals surface area contributed by atoms with Crippen LogP contribution in [0.25, 0.3) is 0 Å². The molecule has 4 nitrogen and oxygen atoms in total. The van der Waals surface area contributed by atoms with E-state index in [9.17, 15) is 4.79 Å². The fourth-order valence-electron chi connectivity index (χ4n) is 3.59. The molecule has 0 amide bonds. The number of likely N-dealkylation sites (tertiary alicyclic amines) is 1. The molecule has 2 fully saturated rings. The molecule has 21 heavy (non-hydrogen) atoms. The van der Waals surface area contributed by atoms with Crippen LogP contribution in [0, 0.1) is 0 Å². The molecule has 2 aliphatic rings. The number of benzene rings is 1. The van der Waals surface area contributed by atoms with Crippen molar-refractivity contribution < 1.29 is 14.3 Å². The molecule has 3 rings (SSSR count). The Morgan fingerprint density at radius 2 is 2.10 bits per heavy atom. The molecule has 0 bridgehead atoms. The molecule has 4 heteroatoms. The molecule has 2 heterocycles. The summed E-state index contributed by atoms with van der Waals surface area (Å²) in [6.45, 7) is 1.96. The predicted octanol–water partition coefficient (Wildman–Crippen LogP) is 2.79. The first-order chi connectivity index (χ1) is 10.1. The van der Waals surface area contributed by atoms with E-state index in [0.29, 0.717) is 11.6 Å². The molecule has 0 saturated carbocycles. The lowest BCUT2D eigenvalue weighted by Gasteiger charge is -2.43. The van der Waals surface area contributed by atoms with E-state index in [1.807, 2.05) is 24.3 Å². The van der Waals surface area contributed by atoms with E-state index in [-0.39, 0.29) is 11.6 Å². The van der Waals surface area contributed by atoms with Gasteiger partial charge in [0.25, 0.3) is 0 Å². The molecule has 1 aromatic carbocycles. The largest absolute Gasteiger partial charge is 0.465 e. The van der Waals surface area contributed by atoms with Gasteiger partial charge in [0, 0.05) is 19.2 Å². The molecular formula is C17H23NO3. The van der Waals surface area contributed by atoms with Crippen molar-refractivity contribution in [1.82, 2.24) is 4.90 Å². The Morgan fingerprint density at radius 1 is 1.33 bits per heavy atom. The minimum atomic E-state index is -0.283.